The van der Waals surface area contributed by atoms with Crippen LogP contribution in [0.15, 0.2) is 35.8 Å². The number of hydrogen-bond acceptors (Lipinski definition) is 3. The van der Waals surface area contributed by atoms with Gasteiger partial charge in [0, 0.05) is 18.1 Å². The maximum absolute atomic E-state index is 12.6. The van der Waals surface area contributed by atoms with Crippen molar-refractivity contribution < 1.29 is 4.39 Å². The highest BCUT2D eigenvalue weighted by atomic mass is 32.1. The van der Waals surface area contributed by atoms with Crippen LogP contribution in [0.3, 0.4) is 0 Å². The summed E-state index contributed by atoms with van der Waals surface area (Å²) in [7, 11) is 0. The average Bonchev–Trinajstić information content (AvgIpc) is 2.80. The molecule has 2 nitrogen and oxygen atoms in total. The van der Waals surface area contributed by atoms with Crippen molar-refractivity contribution in [1.29, 1.82) is 0 Å². The predicted octanol–water partition coefficient (Wildman–Crippen LogP) is 2.61. The molecule has 1 aromatic carbocycles. The van der Waals surface area contributed by atoms with E-state index in [1.54, 1.807) is 11.3 Å². The van der Waals surface area contributed by atoms with E-state index in [2.05, 4.69) is 10.3 Å². The van der Waals surface area contributed by atoms with Crippen LogP contribution in [-0.2, 0) is 13.0 Å². The molecular formula is C12H13FN2S. The zero-order valence-corrected chi connectivity index (χ0v) is 9.64. The lowest BCUT2D eigenvalue weighted by Crippen LogP contribution is -2.16. The second kappa shape index (κ2) is 5.72. The Morgan fingerprint density at radius 2 is 2.06 bits per heavy atom. The first-order valence-electron chi connectivity index (χ1n) is 5.18. The minimum atomic E-state index is -0.181. The molecule has 0 saturated carbocycles. The molecule has 1 N–H and O–H groups in total. The van der Waals surface area contributed by atoms with E-state index in [-0.39, 0.29) is 5.82 Å². The number of thiazole rings is 1. The van der Waals surface area contributed by atoms with Crippen LogP contribution in [0, 0.1) is 5.82 Å². The molecule has 0 spiro atoms. The Labute approximate surface area is 98.2 Å². The fourth-order valence-electron chi connectivity index (χ4n) is 1.42. The molecule has 4 heteroatoms. The third-order valence-electron chi connectivity index (χ3n) is 2.26. The summed E-state index contributed by atoms with van der Waals surface area (Å²) in [5.74, 6) is -0.181. The fraction of sp³-hybridized carbons (Fsp3) is 0.250. The van der Waals surface area contributed by atoms with E-state index >= 15 is 0 Å². The Balaban J connectivity index is 1.70. The van der Waals surface area contributed by atoms with Crippen molar-refractivity contribution in [3.8, 4) is 0 Å². The van der Waals surface area contributed by atoms with Gasteiger partial charge in [0.1, 0.15) is 10.8 Å². The van der Waals surface area contributed by atoms with Gasteiger partial charge in [-0.1, -0.05) is 12.1 Å². The van der Waals surface area contributed by atoms with Crippen LogP contribution in [-0.4, -0.2) is 11.5 Å². The molecule has 2 aromatic rings. The van der Waals surface area contributed by atoms with E-state index in [0.29, 0.717) is 0 Å². The molecule has 84 valence electrons. The van der Waals surface area contributed by atoms with Gasteiger partial charge in [0.2, 0.25) is 0 Å². The standard InChI is InChI=1S/C12H13FN2S/c13-11-3-1-10(2-4-11)5-6-14-9-12-15-7-8-16-12/h1-4,7-8,14H,5-6,9H2. The molecular weight excluding hydrogens is 223 g/mol. The monoisotopic (exact) mass is 236 g/mol. The molecule has 0 radical (unpaired) electrons. The molecule has 1 aromatic heterocycles. The Morgan fingerprint density at radius 1 is 1.25 bits per heavy atom. The largest absolute Gasteiger partial charge is 0.310 e. The Morgan fingerprint density at radius 3 is 2.75 bits per heavy atom. The summed E-state index contributed by atoms with van der Waals surface area (Å²) >= 11 is 1.65. The number of halogens is 1. The summed E-state index contributed by atoms with van der Waals surface area (Å²) < 4.78 is 12.6. The summed E-state index contributed by atoms with van der Waals surface area (Å²) in [5, 5.41) is 6.37. The molecule has 0 saturated heterocycles. The van der Waals surface area contributed by atoms with E-state index in [1.807, 2.05) is 23.7 Å². The van der Waals surface area contributed by atoms with Gasteiger partial charge in [-0.3, -0.25) is 0 Å². The van der Waals surface area contributed by atoms with Gasteiger partial charge in [-0.2, -0.15) is 0 Å². The first-order chi connectivity index (χ1) is 7.84. The number of rotatable bonds is 5. The van der Waals surface area contributed by atoms with E-state index in [0.717, 1.165) is 30.1 Å². The number of hydrogen-bond donors (Lipinski definition) is 1. The molecule has 1 heterocycles. The van der Waals surface area contributed by atoms with Crippen molar-refractivity contribution >= 4 is 11.3 Å². The van der Waals surface area contributed by atoms with Crippen molar-refractivity contribution in [2.75, 3.05) is 6.54 Å². The molecule has 2 rings (SSSR count). The lowest BCUT2D eigenvalue weighted by atomic mass is 10.1. The summed E-state index contributed by atoms with van der Waals surface area (Å²) in [6.45, 7) is 1.68. The lowest BCUT2D eigenvalue weighted by Gasteiger charge is -2.02. The zero-order chi connectivity index (χ0) is 11.2. The van der Waals surface area contributed by atoms with E-state index < -0.39 is 0 Å². The normalized spacial score (nSPS) is 10.6. The summed E-state index contributed by atoms with van der Waals surface area (Å²) in [6, 6.07) is 6.63. The van der Waals surface area contributed by atoms with Gasteiger partial charge < -0.3 is 5.32 Å². The van der Waals surface area contributed by atoms with Crippen molar-refractivity contribution in [1.82, 2.24) is 10.3 Å². The molecule has 0 fully saturated rings. The Bertz CT molecular complexity index is 411. The minimum absolute atomic E-state index is 0.181. The first kappa shape index (κ1) is 11.2. The van der Waals surface area contributed by atoms with Gasteiger partial charge in [0.15, 0.2) is 0 Å². The maximum atomic E-state index is 12.6. The van der Waals surface area contributed by atoms with Crippen LogP contribution in [0.4, 0.5) is 4.39 Å². The zero-order valence-electron chi connectivity index (χ0n) is 8.82. The number of nitrogens with one attached hydrogen (secondary N) is 1. The molecule has 0 aliphatic rings. The molecule has 0 unspecified atom stereocenters. The van der Waals surface area contributed by atoms with Crippen molar-refractivity contribution in [3.05, 3.63) is 52.2 Å². The highest BCUT2D eigenvalue weighted by Gasteiger charge is 1.96. The van der Waals surface area contributed by atoms with Gasteiger partial charge in [0.25, 0.3) is 0 Å². The Hall–Kier alpha value is -1.26. The molecule has 0 bridgehead atoms. The van der Waals surface area contributed by atoms with E-state index in [9.17, 15) is 4.39 Å². The van der Waals surface area contributed by atoms with Crippen LogP contribution in [0.1, 0.15) is 10.6 Å². The second-order valence-corrected chi connectivity index (χ2v) is 4.46. The van der Waals surface area contributed by atoms with Gasteiger partial charge in [0.05, 0.1) is 0 Å². The third kappa shape index (κ3) is 3.40. The second-order valence-electron chi connectivity index (χ2n) is 3.48. The first-order valence-corrected chi connectivity index (χ1v) is 6.06. The van der Waals surface area contributed by atoms with Crippen LogP contribution >= 0.6 is 11.3 Å². The third-order valence-corrected chi connectivity index (χ3v) is 3.04. The molecule has 0 amide bonds. The van der Waals surface area contributed by atoms with Gasteiger partial charge >= 0.3 is 0 Å². The number of nitrogens with zero attached hydrogens (tertiary/aromatic N) is 1. The molecule has 16 heavy (non-hydrogen) atoms. The molecule has 0 atom stereocenters. The lowest BCUT2D eigenvalue weighted by molar-refractivity contribution is 0.626. The van der Waals surface area contributed by atoms with Gasteiger partial charge in [-0.05, 0) is 30.7 Å². The SMILES string of the molecule is Fc1ccc(CCNCc2nccs2)cc1. The van der Waals surface area contributed by atoms with Crippen LogP contribution in [0.5, 0.6) is 0 Å². The average molecular weight is 236 g/mol. The highest BCUT2D eigenvalue weighted by Crippen LogP contribution is 2.04. The fourth-order valence-corrected chi connectivity index (χ4v) is 2.01. The topological polar surface area (TPSA) is 24.9 Å². The van der Waals surface area contributed by atoms with Gasteiger partial charge in [-0.15, -0.1) is 11.3 Å². The number of aromatic nitrogens is 1. The van der Waals surface area contributed by atoms with Gasteiger partial charge in [-0.25, -0.2) is 9.37 Å². The predicted molar refractivity (Wildman–Crippen MR) is 63.9 cm³/mol. The Kier molecular flexibility index (Phi) is 4.02. The minimum Gasteiger partial charge on any atom is -0.310 e. The van der Waals surface area contributed by atoms with Crippen LogP contribution < -0.4 is 5.32 Å². The summed E-state index contributed by atoms with van der Waals surface area (Å²) in [6.07, 6.45) is 2.72. The maximum Gasteiger partial charge on any atom is 0.123 e. The van der Waals surface area contributed by atoms with Crippen LogP contribution in [0.25, 0.3) is 0 Å². The van der Waals surface area contributed by atoms with Crippen molar-refractivity contribution in [3.63, 3.8) is 0 Å². The van der Waals surface area contributed by atoms with Crippen molar-refractivity contribution in [2.24, 2.45) is 0 Å². The van der Waals surface area contributed by atoms with E-state index in [4.69, 9.17) is 0 Å². The quantitative estimate of drug-likeness (QED) is 0.807. The van der Waals surface area contributed by atoms with Crippen LogP contribution in [0.2, 0.25) is 0 Å². The molecule has 0 aliphatic heterocycles. The molecule has 0 aliphatic carbocycles. The van der Waals surface area contributed by atoms with E-state index in [1.165, 1.54) is 12.1 Å². The summed E-state index contributed by atoms with van der Waals surface area (Å²) in [4.78, 5) is 4.18. The summed E-state index contributed by atoms with van der Waals surface area (Å²) in [5.41, 5.74) is 1.15. The smallest absolute Gasteiger partial charge is 0.123 e. The van der Waals surface area contributed by atoms with Crippen molar-refractivity contribution in [2.45, 2.75) is 13.0 Å². The highest BCUT2D eigenvalue weighted by molar-refractivity contribution is 7.09. The number of benzene rings is 1.